The second kappa shape index (κ2) is 7.42. The molecule has 0 aliphatic carbocycles. The van der Waals surface area contributed by atoms with Gasteiger partial charge in [-0.05, 0) is 44.5 Å². The van der Waals surface area contributed by atoms with Crippen molar-refractivity contribution in [3.05, 3.63) is 54.6 Å². The van der Waals surface area contributed by atoms with Crippen molar-refractivity contribution in [2.45, 2.75) is 32.2 Å². The highest BCUT2D eigenvalue weighted by Gasteiger charge is 2.23. The molecule has 1 N–H and O–H groups in total. The third-order valence-corrected chi connectivity index (χ3v) is 4.59. The Bertz CT molecular complexity index is 648. The molecular weight excluding hydrogens is 284 g/mol. The molecule has 1 aliphatic heterocycles. The van der Waals surface area contributed by atoms with Crippen LogP contribution in [0.1, 0.15) is 26.2 Å². The lowest BCUT2D eigenvalue weighted by Crippen LogP contribution is -2.44. The van der Waals surface area contributed by atoms with Gasteiger partial charge >= 0.3 is 0 Å². The molecule has 3 nitrogen and oxygen atoms in total. The van der Waals surface area contributed by atoms with Gasteiger partial charge in [0.1, 0.15) is 0 Å². The van der Waals surface area contributed by atoms with Crippen LogP contribution >= 0.6 is 0 Å². The molecule has 1 aliphatic rings. The first kappa shape index (κ1) is 15.8. The smallest absolute Gasteiger partial charge is 0.241 e. The largest absolute Gasteiger partial charge is 0.324 e. The molecule has 1 atom stereocenters. The molecule has 120 valence electrons. The molecule has 0 unspecified atom stereocenters. The summed E-state index contributed by atoms with van der Waals surface area (Å²) in [4.78, 5) is 14.9. The number of hydrogen-bond acceptors (Lipinski definition) is 2. The number of likely N-dealkylation sites (tertiary alicyclic amines) is 1. The fraction of sp³-hybridized carbons (Fsp3) is 0.350. The van der Waals surface area contributed by atoms with E-state index in [4.69, 9.17) is 0 Å². The molecular formula is C20H24N2O. The van der Waals surface area contributed by atoms with Crippen molar-refractivity contribution in [1.29, 1.82) is 0 Å². The molecule has 0 saturated carbocycles. The van der Waals surface area contributed by atoms with Crippen LogP contribution in [0.15, 0.2) is 54.6 Å². The summed E-state index contributed by atoms with van der Waals surface area (Å²) >= 11 is 0. The van der Waals surface area contributed by atoms with Crippen molar-refractivity contribution in [2.75, 3.05) is 18.4 Å². The molecule has 0 bridgehead atoms. The van der Waals surface area contributed by atoms with Crippen molar-refractivity contribution < 1.29 is 4.79 Å². The highest BCUT2D eigenvalue weighted by molar-refractivity contribution is 5.98. The second-order valence-corrected chi connectivity index (χ2v) is 6.17. The molecule has 3 heteroatoms. The third kappa shape index (κ3) is 3.80. The van der Waals surface area contributed by atoms with E-state index in [-0.39, 0.29) is 11.9 Å². The van der Waals surface area contributed by atoms with Crippen LogP contribution in [0, 0.1) is 0 Å². The molecule has 1 heterocycles. The van der Waals surface area contributed by atoms with Gasteiger partial charge in [-0.15, -0.1) is 0 Å². The van der Waals surface area contributed by atoms with E-state index >= 15 is 0 Å². The van der Waals surface area contributed by atoms with Crippen LogP contribution in [0.2, 0.25) is 0 Å². The number of amides is 1. The maximum absolute atomic E-state index is 12.6. The maximum atomic E-state index is 12.6. The van der Waals surface area contributed by atoms with Gasteiger partial charge in [-0.2, -0.15) is 0 Å². The number of piperidine rings is 1. The Hall–Kier alpha value is -2.13. The molecule has 2 aromatic rings. The fourth-order valence-electron chi connectivity index (χ4n) is 3.17. The summed E-state index contributed by atoms with van der Waals surface area (Å²) in [6, 6.07) is 18.1. The zero-order valence-electron chi connectivity index (χ0n) is 13.7. The van der Waals surface area contributed by atoms with Gasteiger partial charge in [-0.3, -0.25) is 9.69 Å². The minimum absolute atomic E-state index is 0.0790. The van der Waals surface area contributed by atoms with Crippen LogP contribution in [0.25, 0.3) is 11.1 Å². The molecule has 1 saturated heterocycles. The van der Waals surface area contributed by atoms with E-state index in [9.17, 15) is 4.79 Å². The Morgan fingerprint density at radius 1 is 0.957 bits per heavy atom. The number of rotatable bonds is 4. The summed E-state index contributed by atoms with van der Waals surface area (Å²) in [5, 5.41) is 3.13. The maximum Gasteiger partial charge on any atom is 0.241 e. The van der Waals surface area contributed by atoms with E-state index in [1.54, 1.807) is 0 Å². The fourth-order valence-corrected chi connectivity index (χ4v) is 3.17. The highest BCUT2D eigenvalue weighted by atomic mass is 16.2. The van der Waals surface area contributed by atoms with Crippen LogP contribution in [-0.2, 0) is 4.79 Å². The van der Waals surface area contributed by atoms with E-state index in [2.05, 4.69) is 28.4 Å². The molecule has 0 aromatic heterocycles. The van der Waals surface area contributed by atoms with E-state index in [0.29, 0.717) is 0 Å². The number of carbonyl (C=O) groups is 1. The molecule has 2 aromatic carbocycles. The van der Waals surface area contributed by atoms with Crippen molar-refractivity contribution in [1.82, 2.24) is 4.90 Å². The first-order valence-electron chi connectivity index (χ1n) is 8.45. The minimum atomic E-state index is -0.0841. The van der Waals surface area contributed by atoms with Crippen LogP contribution in [0.3, 0.4) is 0 Å². The molecule has 3 rings (SSSR count). The van der Waals surface area contributed by atoms with Crippen molar-refractivity contribution in [3.63, 3.8) is 0 Å². The van der Waals surface area contributed by atoms with Gasteiger partial charge in [-0.1, -0.05) is 55.0 Å². The minimum Gasteiger partial charge on any atom is -0.324 e. The highest BCUT2D eigenvalue weighted by Crippen LogP contribution is 2.27. The van der Waals surface area contributed by atoms with E-state index in [1.807, 2.05) is 43.3 Å². The summed E-state index contributed by atoms with van der Waals surface area (Å²) < 4.78 is 0. The average Bonchev–Trinajstić information content (AvgIpc) is 2.63. The Morgan fingerprint density at radius 2 is 1.61 bits per heavy atom. The van der Waals surface area contributed by atoms with Gasteiger partial charge in [0.25, 0.3) is 0 Å². The van der Waals surface area contributed by atoms with E-state index < -0.39 is 0 Å². The lowest BCUT2D eigenvalue weighted by atomic mass is 10.0. The average molecular weight is 308 g/mol. The zero-order chi connectivity index (χ0) is 16.1. The predicted octanol–water partition coefficient (Wildman–Crippen LogP) is 4.17. The van der Waals surface area contributed by atoms with Crippen molar-refractivity contribution in [3.8, 4) is 11.1 Å². The molecule has 23 heavy (non-hydrogen) atoms. The number of anilines is 1. The Labute approximate surface area is 138 Å². The van der Waals surface area contributed by atoms with Gasteiger partial charge < -0.3 is 5.32 Å². The third-order valence-electron chi connectivity index (χ3n) is 4.59. The topological polar surface area (TPSA) is 32.3 Å². The monoisotopic (exact) mass is 308 g/mol. The number of nitrogens with zero attached hydrogens (tertiary/aromatic N) is 1. The molecule has 0 radical (unpaired) electrons. The van der Waals surface area contributed by atoms with Crippen LogP contribution in [-0.4, -0.2) is 29.9 Å². The van der Waals surface area contributed by atoms with Gasteiger partial charge in [0.2, 0.25) is 5.91 Å². The molecule has 1 amide bonds. The SMILES string of the molecule is C[C@H](C(=O)Nc1ccccc1-c1ccccc1)N1CCCCC1. The summed E-state index contributed by atoms with van der Waals surface area (Å²) in [7, 11) is 0. The lowest BCUT2D eigenvalue weighted by molar-refractivity contribution is -0.121. The second-order valence-electron chi connectivity index (χ2n) is 6.17. The Kier molecular flexibility index (Phi) is 5.09. The summed E-state index contributed by atoms with van der Waals surface area (Å²) in [5.41, 5.74) is 3.06. The van der Waals surface area contributed by atoms with Gasteiger partial charge in [-0.25, -0.2) is 0 Å². The van der Waals surface area contributed by atoms with Crippen molar-refractivity contribution >= 4 is 11.6 Å². The number of benzene rings is 2. The van der Waals surface area contributed by atoms with Gasteiger partial charge in [0.15, 0.2) is 0 Å². The Morgan fingerprint density at radius 3 is 2.35 bits per heavy atom. The predicted molar refractivity (Wildman–Crippen MR) is 95.4 cm³/mol. The number of para-hydroxylation sites is 1. The zero-order valence-corrected chi connectivity index (χ0v) is 13.7. The molecule has 0 spiro atoms. The first-order valence-corrected chi connectivity index (χ1v) is 8.45. The van der Waals surface area contributed by atoms with Crippen molar-refractivity contribution in [2.24, 2.45) is 0 Å². The molecule has 1 fully saturated rings. The van der Waals surface area contributed by atoms with Crippen LogP contribution in [0.4, 0.5) is 5.69 Å². The number of carbonyl (C=O) groups excluding carboxylic acids is 1. The summed E-state index contributed by atoms with van der Waals surface area (Å²) in [6.07, 6.45) is 3.66. The first-order chi connectivity index (χ1) is 11.3. The van der Waals surface area contributed by atoms with E-state index in [0.717, 1.165) is 29.9 Å². The van der Waals surface area contributed by atoms with Gasteiger partial charge in [0, 0.05) is 11.3 Å². The quantitative estimate of drug-likeness (QED) is 0.919. The normalized spacial score (nSPS) is 16.7. The standard InChI is InChI=1S/C20H24N2O/c1-16(22-14-8-3-9-15-22)20(23)21-19-13-7-6-12-18(19)17-10-4-2-5-11-17/h2,4-7,10-13,16H,3,8-9,14-15H2,1H3,(H,21,23)/t16-/m1/s1. The summed E-state index contributed by atoms with van der Waals surface area (Å²) in [6.45, 7) is 4.05. The number of nitrogens with one attached hydrogen (secondary N) is 1. The Balaban J connectivity index is 1.76. The van der Waals surface area contributed by atoms with Crippen LogP contribution in [0.5, 0.6) is 0 Å². The van der Waals surface area contributed by atoms with Gasteiger partial charge in [0.05, 0.1) is 6.04 Å². The van der Waals surface area contributed by atoms with E-state index in [1.165, 1.54) is 19.3 Å². The number of hydrogen-bond donors (Lipinski definition) is 1. The van der Waals surface area contributed by atoms with Crippen LogP contribution < -0.4 is 5.32 Å². The lowest BCUT2D eigenvalue weighted by Gasteiger charge is -2.31. The summed E-state index contributed by atoms with van der Waals surface area (Å²) in [5.74, 6) is 0.0790.